The summed E-state index contributed by atoms with van der Waals surface area (Å²) < 4.78 is 5.41. The number of carbonyl (C=O) groups excluding carboxylic acids is 1. The number of nitrogens with two attached hydrogens (primary N) is 1. The number of carbonyl (C=O) groups is 1. The highest BCUT2D eigenvalue weighted by molar-refractivity contribution is 5.79. The van der Waals surface area contributed by atoms with Gasteiger partial charge >= 0.3 is 0 Å². The van der Waals surface area contributed by atoms with Crippen LogP contribution < -0.4 is 10.5 Å². The highest BCUT2D eigenvalue weighted by Gasteiger charge is 2.21. The topological polar surface area (TPSA) is 55.6 Å². The third-order valence-corrected chi connectivity index (χ3v) is 3.43. The van der Waals surface area contributed by atoms with Crippen molar-refractivity contribution in [2.75, 3.05) is 26.2 Å². The second kappa shape index (κ2) is 8.59. The van der Waals surface area contributed by atoms with Gasteiger partial charge in [-0.2, -0.15) is 0 Å². The minimum Gasteiger partial charge on any atom is -0.494 e. The predicted molar refractivity (Wildman–Crippen MR) is 81.8 cm³/mol. The smallest absolute Gasteiger partial charge is 0.227 e. The molecule has 1 unspecified atom stereocenters. The Hall–Kier alpha value is -1.55. The minimum absolute atomic E-state index is 0.145. The summed E-state index contributed by atoms with van der Waals surface area (Å²) in [6.45, 7) is 8.44. The van der Waals surface area contributed by atoms with Crippen molar-refractivity contribution in [3.8, 4) is 5.75 Å². The normalized spacial score (nSPS) is 12.0. The van der Waals surface area contributed by atoms with Gasteiger partial charge in [0.15, 0.2) is 0 Å². The number of rotatable bonds is 8. The van der Waals surface area contributed by atoms with Gasteiger partial charge in [0.05, 0.1) is 12.5 Å². The lowest BCUT2D eigenvalue weighted by atomic mass is 9.98. The van der Waals surface area contributed by atoms with E-state index in [2.05, 4.69) is 0 Å². The maximum atomic E-state index is 12.3. The molecule has 0 saturated heterocycles. The lowest BCUT2D eigenvalue weighted by Crippen LogP contribution is -2.39. The quantitative estimate of drug-likeness (QED) is 0.792. The van der Waals surface area contributed by atoms with Crippen LogP contribution in [0.1, 0.15) is 26.3 Å². The third kappa shape index (κ3) is 4.53. The molecule has 1 amide bonds. The monoisotopic (exact) mass is 278 g/mol. The fourth-order valence-corrected chi connectivity index (χ4v) is 2.24. The summed E-state index contributed by atoms with van der Waals surface area (Å²) in [6, 6.07) is 7.88. The summed E-state index contributed by atoms with van der Waals surface area (Å²) in [5.41, 5.74) is 6.89. The zero-order chi connectivity index (χ0) is 15.0. The first-order valence-corrected chi connectivity index (χ1v) is 7.36. The van der Waals surface area contributed by atoms with Gasteiger partial charge in [-0.15, -0.1) is 0 Å². The van der Waals surface area contributed by atoms with Crippen LogP contribution in [0.4, 0.5) is 0 Å². The van der Waals surface area contributed by atoms with E-state index in [4.69, 9.17) is 10.5 Å². The molecule has 0 saturated carbocycles. The van der Waals surface area contributed by atoms with E-state index in [0.717, 1.165) is 24.4 Å². The van der Waals surface area contributed by atoms with Crippen LogP contribution in [0.3, 0.4) is 0 Å². The molecule has 0 aliphatic heterocycles. The SMILES string of the molecule is CCOc1ccc(CC(CN)C(=O)N(CC)CC)cc1. The standard InChI is InChI=1S/C16H26N2O2/c1-4-18(5-2)16(19)14(12-17)11-13-7-9-15(10-8-13)20-6-3/h7-10,14H,4-6,11-12,17H2,1-3H3. The molecule has 4 nitrogen and oxygen atoms in total. The average molecular weight is 278 g/mol. The van der Waals surface area contributed by atoms with E-state index in [9.17, 15) is 4.79 Å². The Morgan fingerprint density at radius 1 is 1.20 bits per heavy atom. The van der Waals surface area contributed by atoms with Crippen LogP contribution in [-0.2, 0) is 11.2 Å². The van der Waals surface area contributed by atoms with E-state index >= 15 is 0 Å². The van der Waals surface area contributed by atoms with Crippen LogP contribution in [0, 0.1) is 5.92 Å². The lowest BCUT2D eigenvalue weighted by molar-refractivity contribution is -0.134. The lowest BCUT2D eigenvalue weighted by Gasteiger charge is -2.24. The van der Waals surface area contributed by atoms with Gasteiger partial charge in [-0.25, -0.2) is 0 Å². The van der Waals surface area contributed by atoms with E-state index in [1.54, 1.807) is 0 Å². The van der Waals surface area contributed by atoms with Crippen LogP contribution in [0.15, 0.2) is 24.3 Å². The Balaban J connectivity index is 2.70. The van der Waals surface area contributed by atoms with E-state index in [1.165, 1.54) is 0 Å². The molecule has 0 radical (unpaired) electrons. The second-order valence-electron chi connectivity index (χ2n) is 4.72. The predicted octanol–water partition coefficient (Wildman–Crippen LogP) is 2.07. The van der Waals surface area contributed by atoms with Gasteiger partial charge in [-0.3, -0.25) is 4.79 Å². The summed E-state index contributed by atoms with van der Waals surface area (Å²) >= 11 is 0. The zero-order valence-electron chi connectivity index (χ0n) is 12.8. The molecule has 0 aliphatic carbocycles. The molecule has 0 fully saturated rings. The van der Waals surface area contributed by atoms with E-state index in [-0.39, 0.29) is 11.8 Å². The highest BCUT2D eigenvalue weighted by Crippen LogP contribution is 2.16. The van der Waals surface area contributed by atoms with Crippen molar-refractivity contribution in [3.05, 3.63) is 29.8 Å². The van der Waals surface area contributed by atoms with E-state index in [0.29, 0.717) is 19.6 Å². The van der Waals surface area contributed by atoms with Gasteiger partial charge < -0.3 is 15.4 Å². The number of hydrogen-bond donors (Lipinski definition) is 1. The van der Waals surface area contributed by atoms with Crippen molar-refractivity contribution in [2.24, 2.45) is 11.7 Å². The molecule has 1 aromatic carbocycles. The number of nitrogens with zero attached hydrogens (tertiary/aromatic N) is 1. The van der Waals surface area contributed by atoms with Crippen molar-refractivity contribution in [3.63, 3.8) is 0 Å². The molecule has 1 atom stereocenters. The van der Waals surface area contributed by atoms with Crippen LogP contribution in [-0.4, -0.2) is 37.0 Å². The minimum atomic E-state index is -0.146. The van der Waals surface area contributed by atoms with Crippen LogP contribution >= 0.6 is 0 Å². The van der Waals surface area contributed by atoms with Gasteiger partial charge in [0.25, 0.3) is 0 Å². The summed E-state index contributed by atoms with van der Waals surface area (Å²) in [5.74, 6) is 0.856. The van der Waals surface area contributed by atoms with Crippen molar-refractivity contribution in [2.45, 2.75) is 27.2 Å². The summed E-state index contributed by atoms with van der Waals surface area (Å²) in [5, 5.41) is 0. The molecular weight excluding hydrogens is 252 g/mol. The Morgan fingerprint density at radius 3 is 2.25 bits per heavy atom. The number of hydrogen-bond acceptors (Lipinski definition) is 3. The zero-order valence-corrected chi connectivity index (χ0v) is 12.8. The molecule has 112 valence electrons. The van der Waals surface area contributed by atoms with Crippen LogP contribution in [0.25, 0.3) is 0 Å². The molecule has 1 rings (SSSR count). The summed E-state index contributed by atoms with van der Waals surface area (Å²) in [4.78, 5) is 14.2. The molecule has 0 spiro atoms. The van der Waals surface area contributed by atoms with Gasteiger partial charge in [-0.05, 0) is 44.9 Å². The first-order chi connectivity index (χ1) is 9.65. The summed E-state index contributed by atoms with van der Waals surface area (Å²) in [6.07, 6.45) is 0.679. The van der Waals surface area contributed by atoms with Gasteiger partial charge in [0.1, 0.15) is 5.75 Å². The Kier molecular flexibility index (Phi) is 7.09. The fourth-order valence-electron chi connectivity index (χ4n) is 2.24. The van der Waals surface area contributed by atoms with Crippen molar-refractivity contribution in [1.29, 1.82) is 0 Å². The van der Waals surface area contributed by atoms with Crippen LogP contribution in [0.2, 0.25) is 0 Å². The summed E-state index contributed by atoms with van der Waals surface area (Å²) in [7, 11) is 0. The largest absolute Gasteiger partial charge is 0.494 e. The second-order valence-corrected chi connectivity index (χ2v) is 4.72. The van der Waals surface area contributed by atoms with Gasteiger partial charge in [0.2, 0.25) is 5.91 Å². The third-order valence-electron chi connectivity index (χ3n) is 3.43. The molecule has 0 aliphatic rings. The maximum absolute atomic E-state index is 12.3. The van der Waals surface area contributed by atoms with Gasteiger partial charge in [0, 0.05) is 19.6 Å². The Bertz CT molecular complexity index is 399. The van der Waals surface area contributed by atoms with Crippen molar-refractivity contribution >= 4 is 5.91 Å². The Morgan fingerprint density at radius 2 is 1.80 bits per heavy atom. The first kappa shape index (κ1) is 16.5. The molecule has 1 aromatic rings. The molecular formula is C16H26N2O2. The molecule has 0 heterocycles. The average Bonchev–Trinajstić information content (AvgIpc) is 2.48. The number of amides is 1. The number of benzene rings is 1. The molecule has 2 N–H and O–H groups in total. The van der Waals surface area contributed by atoms with Gasteiger partial charge in [-0.1, -0.05) is 12.1 Å². The van der Waals surface area contributed by atoms with Crippen LogP contribution in [0.5, 0.6) is 5.75 Å². The van der Waals surface area contributed by atoms with E-state index < -0.39 is 0 Å². The molecule has 20 heavy (non-hydrogen) atoms. The van der Waals surface area contributed by atoms with Crippen molar-refractivity contribution in [1.82, 2.24) is 4.90 Å². The molecule has 0 aromatic heterocycles. The highest BCUT2D eigenvalue weighted by atomic mass is 16.5. The first-order valence-electron chi connectivity index (χ1n) is 7.36. The number of ether oxygens (including phenoxy) is 1. The molecule has 0 bridgehead atoms. The fraction of sp³-hybridized carbons (Fsp3) is 0.562. The van der Waals surface area contributed by atoms with Crippen molar-refractivity contribution < 1.29 is 9.53 Å². The maximum Gasteiger partial charge on any atom is 0.227 e. The van der Waals surface area contributed by atoms with E-state index in [1.807, 2.05) is 49.9 Å². The Labute approximate surface area is 121 Å². The molecule has 4 heteroatoms.